The van der Waals surface area contributed by atoms with E-state index in [1.54, 1.807) is 0 Å². The second kappa shape index (κ2) is 5.52. The molecule has 19 heavy (non-hydrogen) atoms. The van der Waals surface area contributed by atoms with Gasteiger partial charge in [-0.15, -0.1) is 0 Å². The van der Waals surface area contributed by atoms with Crippen molar-refractivity contribution in [2.75, 3.05) is 11.9 Å². The fraction of sp³-hybridized carbons (Fsp3) is 0.200. The highest BCUT2D eigenvalue weighted by atomic mass is 15.2. The monoisotopic (exact) mass is 254 g/mol. The van der Waals surface area contributed by atoms with E-state index in [4.69, 9.17) is 11.1 Å². The van der Waals surface area contributed by atoms with Gasteiger partial charge in [-0.3, -0.25) is 5.41 Å². The summed E-state index contributed by atoms with van der Waals surface area (Å²) in [4.78, 5) is 6.43. The Kier molecular flexibility index (Phi) is 3.80. The zero-order valence-corrected chi connectivity index (χ0v) is 11.2. The van der Waals surface area contributed by atoms with Crippen LogP contribution < -0.4 is 10.6 Å². The maximum atomic E-state index is 7.46. The molecule has 98 valence electrons. The van der Waals surface area contributed by atoms with Crippen LogP contribution in [-0.4, -0.2) is 17.9 Å². The molecule has 4 heteroatoms. The predicted molar refractivity (Wildman–Crippen MR) is 78.5 cm³/mol. The molecule has 0 atom stereocenters. The SMILES string of the molecule is Cc1ccnc(N(C)Cc2cccc(C(=N)N)c2)c1. The van der Waals surface area contributed by atoms with Crippen LogP contribution >= 0.6 is 0 Å². The van der Waals surface area contributed by atoms with E-state index in [0.29, 0.717) is 0 Å². The molecule has 3 N–H and O–H groups in total. The van der Waals surface area contributed by atoms with Crippen molar-refractivity contribution in [3.8, 4) is 0 Å². The molecule has 2 aromatic rings. The van der Waals surface area contributed by atoms with Gasteiger partial charge in [-0.1, -0.05) is 18.2 Å². The zero-order valence-electron chi connectivity index (χ0n) is 11.2. The summed E-state index contributed by atoms with van der Waals surface area (Å²) in [6, 6.07) is 11.8. The van der Waals surface area contributed by atoms with E-state index in [1.165, 1.54) is 5.56 Å². The number of aromatic nitrogens is 1. The fourth-order valence-corrected chi connectivity index (χ4v) is 1.92. The van der Waals surface area contributed by atoms with Crippen LogP contribution in [0.4, 0.5) is 5.82 Å². The Hall–Kier alpha value is -2.36. The standard InChI is InChI=1S/C15H18N4/c1-11-6-7-18-14(8-11)19(2)10-12-4-3-5-13(9-12)15(16)17/h3-9H,10H2,1-2H3,(H3,16,17). The number of anilines is 1. The third kappa shape index (κ3) is 3.31. The van der Waals surface area contributed by atoms with Crippen molar-refractivity contribution >= 4 is 11.7 Å². The third-order valence-electron chi connectivity index (χ3n) is 2.95. The van der Waals surface area contributed by atoms with Gasteiger partial charge in [0.05, 0.1) is 0 Å². The maximum absolute atomic E-state index is 7.46. The first-order chi connectivity index (χ1) is 9.06. The lowest BCUT2D eigenvalue weighted by atomic mass is 10.1. The fourth-order valence-electron chi connectivity index (χ4n) is 1.92. The van der Waals surface area contributed by atoms with E-state index in [0.717, 1.165) is 23.5 Å². The van der Waals surface area contributed by atoms with E-state index in [2.05, 4.69) is 22.9 Å². The van der Waals surface area contributed by atoms with Gasteiger partial charge in [-0.05, 0) is 36.2 Å². The molecule has 1 aromatic carbocycles. The van der Waals surface area contributed by atoms with Crippen LogP contribution in [0.5, 0.6) is 0 Å². The molecule has 0 aliphatic heterocycles. The van der Waals surface area contributed by atoms with Crippen molar-refractivity contribution in [1.82, 2.24) is 4.98 Å². The van der Waals surface area contributed by atoms with Crippen molar-refractivity contribution in [3.63, 3.8) is 0 Å². The average molecular weight is 254 g/mol. The van der Waals surface area contributed by atoms with Crippen LogP contribution in [0, 0.1) is 12.3 Å². The molecule has 0 amide bonds. The lowest BCUT2D eigenvalue weighted by Crippen LogP contribution is -2.18. The van der Waals surface area contributed by atoms with Crippen LogP contribution in [0.1, 0.15) is 16.7 Å². The molecular weight excluding hydrogens is 236 g/mol. The van der Waals surface area contributed by atoms with Crippen molar-refractivity contribution in [2.24, 2.45) is 5.73 Å². The molecule has 0 aliphatic rings. The summed E-state index contributed by atoms with van der Waals surface area (Å²) in [7, 11) is 2.00. The topological polar surface area (TPSA) is 66.0 Å². The lowest BCUT2D eigenvalue weighted by Gasteiger charge is -2.18. The molecule has 1 aromatic heterocycles. The zero-order chi connectivity index (χ0) is 13.8. The molecule has 0 saturated heterocycles. The average Bonchev–Trinajstić information content (AvgIpc) is 2.39. The number of amidine groups is 1. The van der Waals surface area contributed by atoms with Crippen LogP contribution in [-0.2, 0) is 6.54 Å². The van der Waals surface area contributed by atoms with Crippen molar-refractivity contribution in [2.45, 2.75) is 13.5 Å². The van der Waals surface area contributed by atoms with E-state index in [9.17, 15) is 0 Å². The largest absolute Gasteiger partial charge is 0.384 e. The number of aryl methyl sites for hydroxylation is 1. The van der Waals surface area contributed by atoms with Gasteiger partial charge in [0.2, 0.25) is 0 Å². The molecule has 2 rings (SSSR count). The number of hydrogen-bond donors (Lipinski definition) is 2. The van der Waals surface area contributed by atoms with Crippen molar-refractivity contribution in [3.05, 3.63) is 59.3 Å². The number of hydrogen-bond acceptors (Lipinski definition) is 3. The minimum Gasteiger partial charge on any atom is -0.384 e. The van der Waals surface area contributed by atoms with Gasteiger partial charge in [0.1, 0.15) is 11.7 Å². The van der Waals surface area contributed by atoms with E-state index in [-0.39, 0.29) is 5.84 Å². The molecule has 0 spiro atoms. The molecule has 0 radical (unpaired) electrons. The number of pyridine rings is 1. The summed E-state index contributed by atoms with van der Waals surface area (Å²) in [5, 5.41) is 7.46. The number of benzene rings is 1. The maximum Gasteiger partial charge on any atom is 0.128 e. The number of nitrogens with two attached hydrogens (primary N) is 1. The Morgan fingerprint density at radius 1 is 1.32 bits per heavy atom. The van der Waals surface area contributed by atoms with Gasteiger partial charge in [-0.25, -0.2) is 4.98 Å². The first-order valence-electron chi connectivity index (χ1n) is 6.13. The minimum atomic E-state index is 0.0955. The van der Waals surface area contributed by atoms with Crippen LogP contribution in [0.3, 0.4) is 0 Å². The van der Waals surface area contributed by atoms with Crippen LogP contribution in [0.15, 0.2) is 42.6 Å². The highest BCUT2D eigenvalue weighted by molar-refractivity contribution is 5.95. The Morgan fingerprint density at radius 3 is 2.79 bits per heavy atom. The van der Waals surface area contributed by atoms with E-state index >= 15 is 0 Å². The van der Waals surface area contributed by atoms with Gasteiger partial charge in [0.25, 0.3) is 0 Å². The van der Waals surface area contributed by atoms with Gasteiger partial charge in [0, 0.05) is 25.4 Å². The highest BCUT2D eigenvalue weighted by Gasteiger charge is 2.05. The lowest BCUT2D eigenvalue weighted by molar-refractivity contribution is 0.896. The number of rotatable bonds is 4. The molecule has 0 aliphatic carbocycles. The molecule has 0 fully saturated rings. The predicted octanol–water partition coefficient (Wildman–Crippen LogP) is 2.31. The Morgan fingerprint density at radius 2 is 2.11 bits per heavy atom. The van der Waals surface area contributed by atoms with Gasteiger partial charge in [0.15, 0.2) is 0 Å². The van der Waals surface area contributed by atoms with Gasteiger partial charge < -0.3 is 10.6 Å². The Balaban J connectivity index is 2.17. The highest BCUT2D eigenvalue weighted by Crippen LogP contribution is 2.14. The summed E-state index contributed by atoms with van der Waals surface area (Å²) >= 11 is 0. The molecule has 0 bridgehead atoms. The number of nitrogens with zero attached hydrogens (tertiary/aromatic N) is 2. The smallest absolute Gasteiger partial charge is 0.128 e. The second-order valence-corrected chi connectivity index (χ2v) is 4.66. The third-order valence-corrected chi connectivity index (χ3v) is 2.95. The quantitative estimate of drug-likeness (QED) is 0.650. The number of nitrogens with one attached hydrogen (secondary N) is 1. The van der Waals surface area contributed by atoms with E-state index in [1.807, 2.05) is 43.6 Å². The van der Waals surface area contributed by atoms with E-state index < -0.39 is 0 Å². The molecule has 4 nitrogen and oxygen atoms in total. The Labute approximate surface area is 113 Å². The van der Waals surface area contributed by atoms with Gasteiger partial charge in [-0.2, -0.15) is 0 Å². The molecule has 1 heterocycles. The summed E-state index contributed by atoms with van der Waals surface area (Å²) in [6.07, 6.45) is 1.81. The first-order valence-corrected chi connectivity index (χ1v) is 6.13. The Bertz CT molecular complexity index is 592. The first kappa shape index (κ1) is 13.1. The minimum absolute atomic E-state index is 0.0955. The summed E-state index contributed by atoms with van der Waals surface area (Å²) in [5.41, 5.74) is 8.55. The molecule has 0 unspecified atom stereocenters. The van der Waals surface area contributed by atoms with Crippen LogP contribution in [0.2, 0.25) is 0 Å². The second-order valence-electron chi connectivity index (χ2n) is 4.66. The summed E-state index contributed by atoms with van der Waals surface area (Å²) in [5.74, 6) is 1.03. The molecular formula is C15H18N4. The number of nitrogen functional groups attached to an aromatic ring is 1. The van der Waals surface area contributed by atoms with Crippen molar-refractivity contribution < 1.29 is 0 Å². The van der Waals surface area contributed by atoms with Gasteiger partial charge >= 0.3 is 0 Å². The van der Waals surface area contributed by atoms with Crippen molar-refractivity contribution in [1.29, 1.82) is 5.41 Å². The molecule has 0 saturated carbocycles. The normalized spacial score (nSPS) is 10.2. The van der Waals surface area contributed by atoms with Crippen LogP contribution in [0.25, 0.3) is 0 Å². The summed E-state index contributed by atoms with van der Waals surface area (Å²) < 4.78 is 0. The summed E-state index contributed by atoms with van der Waals surface area (Å²) in [6.45, 7) is 2.78.